The molecule has 13 aromatic rings. The average molecular weight is 974 g/mol. The molecule has 1 unspecified atom stereocenters. The minimum absolute atomic E-state index is 0.400. The first-order valence-electron chi connectivity index (χ1n) is 25.9. The molecule has 3 heteroatoms. The van der Waals surface area contributed by atoms with E-state index in [1.807, 2.05) is 11.8 Å². The topological polar surface area (TPSA) is 16.4 Å². The molecule has 2 aliphatic rings. The van der Waals surface area contributed by atoms with E-state index in [1.165, 1.54) is 75.3 Å². The number of fused-ring (bicyclic) bond motifs is 10. The van der Waals surface area contributed by atoms with Gasteiger partial charge in [0.05, 0.1) is 0 Å². The fourth-order valence-electron chi connectivity index (χ4n) is 11.9. The van der Waals surface area contributed by atoms with Gasteiger partial charge in [-0.1, -0.05) is 230 Å². The summed E-state index contributed by atoms with van der Waals surface area (Å²) < 4.78 is 6.69. The molecule has 12 aromatic carbocycles. The third kappa shape index (κ3) is 7.42. The Labute approximate surface area is 439 Å². The van der Waals surface area contributed by atoms with Crippen molar-refractivity contribution in [3.05, 3.63) is 277 Å². The summed E-state index contributed by atoms with van der Waals surface area (Å²) in [7, 11) is 0. The lowest BCUT2D eigenvalue weighted by molar-refractivity contribution is 0.674. The van der Waals surface area contributed by atoms with Crippen LogP contribution < -0.4 is 15.3 Å². The number of nitrogens with zero attached hydrogens (tertiary/aromatic N) is 1. The van der Waals surface area contributed by atoms with Crippen LogP contribution in [-0.2, 0) is 0 Å². The molecule has 0 saturated carbocycles. The first-order valence-corrected chi connectivity index (χ1v) is 26.7. The van der Waals surface area contributed by atoms with Crippen LogP contribution >= 0.6 is 11.8 Å². The van der Waals surface area contributed by atoms with Gasteiger partial charge in [0.15, 0.2) is 0 Å². The number of rotatable bonds is 8. The lowest BCUT2D eigenvalue weighted by Gasteiger charge is -2.26. The summed E-state index contributed by atoms with van der Waals surface area (Å²) in [6.45, 7) is 0. The third-order valence-corrected chi connectivity index (χ3v) is 17.0. The Bertz CT molecular complexity index is 4480. The van der Waals surface area contributed by atoms with Crippen LogP contribution in [0.4, 0.5) is 17.1 Å². The predicted molar refractivity (Wildman–Crippen MR) is 317 cm³/mol. The summed E-state index contributed by atoms with van der Waals surface area (Å²) in [5, 5.41) is 9.95. The first-order chi connectivity index (χ1) is 37.2. The van der Waals surface area contributed by atoms with Crippen LogP contribution in [0.3, 0.4) is 0 Å². The molecule has 0 spiro atoms. The number of para-hydroxylation sites is 1. The monoisotopic (exact) mass is 973 g/mol. The first kappa shape index (κ1) is 43.4. The van der Waals surface area contributed by atoms with Crippen molar-refractivity contribution in [3.63, 3.8) is 0 Å². The highest BCUT2D eigenvalue weighted by Crippen LogP contribution is 2.56. The van der Waals surface area contributed by atoms with Gasteiger partial charge in [-0.15, -0.1) is 0 Å². The Morgan fingerprint density at radius 3 is 1.55 bits per heavy atom. The van der Waals surface area contributed by atoms with E-state index in [-0.39, 0.29) is 0 Å². The third-order valence-electron chi connectivity index (χ3n) is 15.6. The summed E-state index contributed by atoms with van der Waals surface area (Å²) in [5.74, 6) is 0.400. The van der Waals surface area contributed by atoms with Gasteiger partial charge in [0.25, 0.3) is 0 Å². The molecule has 0 N–H and O–H groups in total. The lowest BCUT2D eigenvalue weighted by atomic mass is 9.86. The molecule has 1 aliphatic heterocycles. The highest BCUT2D eigenvalue weighted by atomic mass is 32.2. The van der Waals surface area contributed by atoms with Crippen molar-refractivity contribution in [2.75, 3.05) is 4.90 Å². The van der Waals surface area contributed by atoms with E-state index in [9.17, 15) is 0 Å². The molecule has 0 bridgehead atoms. The number of hydrogen-bond donors (Lipinski definition) is 0. The Kier molecular flexibility index (Phi) is 10.3. The number of benzene rings is 12. The predicted octanol–water partition coefficient (Wildman–Crippen LogP) is 18.9. The van der Waals surface area contributed by atoms with Crippen LogP contribution in [0.25, 0.3) is 110 Å². The van der Waals surface area contributed by atoms with Crippen LogP contribution in [0.1, 0.15) is 17.9 Å². The summed E-state index contributed by atoms with van der Waals surface area (Å²) in [6.07, 6.45) is 3.47. The van der Waals surface area contributed by atoms with Gasteiger partial charge < -0.3 is 9.32 Å². The molecule has 0 amide bonds. The summed E-state index contributed by atoms with van der Waals surface area (Å²) in [5.41, 5.74) is 18.5. The Hall–Kier alpha value is -9.15. The van der Waals surface area contributed by atoms with Crippen molar-refractivity contribution < 1.29 is 4.42 Å². The normalized spacial score (nSPS) is 13.7. The van der Waals surface area contributed by atoms with Gasteiger partial charge in [-0.05, 0) is 132 Å². The van der Waals surface area contributed by atoms with Gasteiger partial charge in [0.2, 0.25) is 0 Å². The molecule has 0 saturated heterocycles. The van der Waals surface area contributed by atoms with Crippen molar-refractivity contribution in [1.29, 1.82) is 0 Å². The zero-order valence-corrected chi connectivity index (χ0v) is 41.8. The van der Waals surface area contributed by atoms with Crippen LogP contribution in [0.2, 0.25) is 0 Å². The number of thioether (sulfide) groups is 1. The minimum atomic E-state index is 0.400. The number of hydrogen-bond acceptors (Lipinski definition) is 3. The molecule has 0 fully saturated rings. The maximum atomic E-state index is 6.69. The van der Waals surface area contributed by atoms with Gasteiger partial charge in [0.1, 0.15) is 11.2 Å². The van der Waals surface area contributed by atoms with E-state index in [1.54, 1.807) is 0 Å². The van der Waals surface area contributed by atoms with Crippen LogP contribution in [0.15, 0.2) is 270 Å². The van der Waals surface area contributed by atoms with Crippen LogP contribution in [0.5, 0.6) is 0 Å². The molecule has 75 heavy (non-hydrogen) atoms. The van der Waals surface area contributed by atoms with Crippen LogP contribution in [0, 0.1) is 0 Å². The maximum absolute atomic E-state index is 6.69. The van der Waals surface area contributed by atoms with Crippen LogP contribution in [-0.4, -0.2) is 0 Å². The molecular weight excluding hydrogens is 927 g/mol. The van der Waals surface area contributed by atoms with E-state index in [0.29, 0.717) is 5.92 Å². The van der Waals surface area contributed by atoms with Crippen molar-refractivity contribution in [3.8, 4) is 55.6 Å². The summed E-state index contributed by atoms with van der Waals surface area (Å²) in [6, 6.07) is 95.3. The smallest absolute Gasteiger partial charge is 0.143 e. The minimum Gasteiger partial charge on any atom is -0.455 e. The van der Waals surface area contributed by atoms with Crippen molar-refractivity contribution in [1.82, 2.24) is 0 Å². The second-order valence-electron chi connectivity index (χ2n) is 19.9. The summed E-state index contributed by atoms with van der Waals surface area (Å²) >= 11 is 1.99. The molecule has 2 heterocycles. The maximum Gasteiger partial charge on any atom is 0.143 e. The van der Waals surface area contributed by atoms with Gasteiger partial charge in [-0.3, -0.25) is 0 Å². The van der Waals surface area contributed by atoms with E-state index in [0.717, 1.165) is 73.1 Å². The van der Waals surface area contributed by atoms with Gasteiger partial charge in [-0.2, -0.15) is 0 Å². The van der Waals surface area contributed by atoms with Gasteiger partial charge in [0, 0.05) is 60.1 Å². The molecular formula is C72H47NOS. The molecule has 0 radical (unpaired) electrons. The Morgan fingerprint density at radius 2 is 0.880 bits per heavy atom. The van der Waals surface area contributed by atoms with Gasteiger partial charge >= 0.3 is 0 Å². The Morgan fingerprint density at radius 1 is 0.373 bits per heavy atom. The highest BCUT2D eigenvalue weighted by molar-refractivity contribution is 8.08. The molecule has 1 atom stereocenters. The highest BCUT2D eigenvalue weighted by Gasteiger charge is 2.33. The van der Waals surface area contributed by atoms with E-state index >= 15 is 0 Å². The zero-order chi connectivity index (χ0) is 49.4. The van der Waals surface area contributed by atoms with Crippen molar-refractivity contribution in [2.24, 2.45) is 0 Å². The van der Waals surface area contributed by atoms with Gasteiger partial charge in [-0.25, -0.2) is 0 Å². The zero-order valence-electron chi connectivity index (χ0n) is 41.0. The lowest BCUT2D eigenvalue weighted by Crippen LogP contribution is -2.29. The van der Waals surface area contributed by atoms with Crippen molar-refractivity contribution in [2.45, 2.75) is 17.2 Å². The standard InChI is InChI=1S/C72H47NOS/c1-2-11-46(12-3-1)49-29-37-57(38-30-49)73(58-39-31-50(32-40-58)47-21-25-54(26-22-47)62-19-10-20-64-65-43-35-52-13-4-8-17-61(52)70(65)74-69(62)64)59-41-33-51(34-42-59)48-23-27-55(28-24-48)68-60-16-7-6-15-56(60)45-67-66-44-36-53-14-5-9-18-63(53)71(66)75-72(67)68/h1-43,45,66H,44H2. The molecule has 1 aromatic heterocycles. The van der Waals surface area contributed by atoms with Crippen molar-refractivity contribution >= 4 is 83.3 Å². The molecule has 352 valence electrons. The number of furan rings is 1. The largest absolute Gasteiger partial charge is 0.455 e. The quantitative estimate of drug-likeness (QED) is 0.151. The van der Waals surface area contributed by atoms with E-state index < -0.39 is 0 Å². The number of anilines is 3. The fraction of sp³-hybridized carbons (Fsp3) is 0.0278. The van der Waals surface area contributed by atoms with E-state index in [4.69, 9.17) is 4.42 Å². The molecule has 1 aliphatic carbocycles. The molecule has 15 rings (SSSR count). The molecule has 2 nitrogen and oxygen atoms in total. The summed E-state index contributed by atoms with van der Waals surface area (Å²) in [4.78, 5) is 5.25. The average Bonchev–Trinajstić information content (AvgIpc) is 4.07. The Balaban J connectivity index is 0.741. The second-order valence-corrected chi connectivity index (χ2v) is 20.9. The SMILES string of the molecule is C1=c2ccccc2=C2Sc3c(cc4ccccc4c3-c3ccc(-c4ccc(N(c5ccc(-c6ccccc6)cc5)c5ccc(-c6ccc(-c7cccc8c7oc7c9ccccc9ccc87)cc6)cc5)cc4)cc3)C2C1. The van der Waals surface area contributed by atoms with E-state index in [2.05, 4.69) is 272 Å². The fourth-order valence-corrected chi connectivity index (χ4v) is 13.4. The second kappa shape index (κ2) is 17.8.